The Hall–Kier alpha value is 0.110. The molecule has 3 heteroatoms. The fourth-order valence-corrected chi connectivity index (χ4v) is 3.07. The van der Waals surface area contributed by atoms with Crippen molar-refractivity contribution in [2.75, 3.05) is 11.5 Å². The highest BCUT2D eigenvalue weighted by atomic mass is 32.2. The summed E-state index contributed by atoms with van der Waals surface area (Å²) in [7, 11) is -0.583. The minimum Gasteiger partial charge on any atom is -0.309 e. The smallest absolute Gasteiger partial charge is 0.0392 e. The van der Waals surface area contributed by atoms with E-state index in [0.29, 0.717) is 18.0 Å². The average Bonchev–Trinajstić information content (AvgIpc) is 1.85. The van der Waals surface area contributed by atoms with Crippen LogP contribution in [-0.2, 0) is 10.8 Å². The lowest BCUT2D eigenvalue weighted by atomic mass is 10.1. The largest absolute Gasteiger partial charge is 0.309 e. The van der Waals surface area contributed by atoms with E-state index in [1.54, 1.807) is 0 Å². The molecule has 1 N–H and O–H groups in total. The number of nitrogens with one attached hydrogen (secondary N) is 1. The van der Waals surface area contributed by atoms with Crippen LogP contribution in [0.4, 0.5) is 0 Å². The van der Waals surface area contributed by atoms with Gasteiger partial charge in [-0.05, 0) is 12.8 Å². The van der Waals surface area contributed by atoms with E-state index < -0.39 is 10.8 Å². The van der Waals surface area contributed by atoms with Gasteiger partial charge in [0, 0.05) is 34.4 Å². The van der Waals surface area contributed by atoms with Crippen LogP contribution in [0.2, 0.25) is 0 Å². The predicted molar refractivity (Wildman–Crippen MR) is 49.1 cm³/mol. The zero-order valence-corrected chi connectivity index (χ0v) is 8.28. The summed E-state index contributed by atoms with van der Waals surface area (Å²) in [5.41, 5.74) is 0. The van der Waals surface area contributed by atoms with Crippen LogP contribution in [0, 0.1) is 5.92 Å². The molecule has 66 valence electrons. The molecule has 0 bridgehead atoms. The molecule has 1 heterocycles. The van der Waals surface area contributed by atoms with Gasteiger partial charge >= 0.3 is 0 Å². The molecule has 3 unspecified atom stereocenters. The van der Waals surface area contributed by atoms with Crippen molar-refractivity contribution in [2.45, 2.75) is 32.9 Å². The van der Waals surface area contributed by atoms with Crippen molar-refractivity contribution < 1.29 is 4.21 Å². The molecule has 0 radical (unpaired) electrons. The van der Waals surface area contributed by atoms with E-state index >= 15 is 0 Å². The fourth-order valence-electron chi connectivity index (χ4n) is 1.39. The Bertz CT molecular complexity index is 158. The second-order valence-corrected chi connectivity index (χ2v) is 5.24. The van der Waals surface area contributed by atoms with Gasteiger partial charge in [0.2, 0.25) is 0 Å². The second-order valence-electron chi connectivity index (χ2n) is 3.69. The first-order valence-electron chi connectivity index (χ1n) is 4.20. The van der Waals surface area contributed by atoms with Crippen molar-refractivity contribution in [3.63, 3.8) is 0 Å². The van der Waals surface area contributed by atoms with Crippen molar-refractivity contribution in [1.82, 2.24) is 5.32 Å². The highest BCUT2D eigenvalue weighted by Crippen LogP contribution is 2.10. The van der Waals surface area contributed by atoms with Crippen LogP contribution < -0.4 is 5.32 Å². The zero-order chi connectivity index (χ0) is 8.43. The van der Waals surface area contributed by atoms with E-state index in [0.717, 1.165) is 11.5 Å². The van der Waals surface area contributed by atoms with Crippen LogP contribution in [0.3, 0.4) is 0 Å². The van der Waals surface area contributed by atoms with Gasteiger partial charge in [0.05, 0.1) is 0 Å². The molecule has 1 aliphatic rings. The summed E-state index contributed by atoms with van der Waals surface area (Å²) in [6, 6.07) is 0.886. The normalized spacial score (nSPS) is 39.5. The van der Waals surface area contributed by atoms with Gasteiger partial charge in [-0.15, -0.1) is 0 Å². The molecular formula is C8H17NOS. The van der Waals surface area contributed by atoms with Gasteiger partial charge in [-0.1, -0.05) is 13.8 Å². The maximum absolute atomic E-state index is 11.3. The van der Waals surface area contributed by atoms with Crippen LogP contribution in [0.15, 0.2) is 0 Å². The molecule has 2 nitrogen and oxygen atoms in total. The number of hydrogen-bond acceptors (Lipinski definition) is 2. The van der Waals surface area contributed by atoms with Crippen LogP contribution in [0.5, 0.6) is 0 Å². The number of hydrogen-bond donors (Lipinski definition) is 1. The first kappa shape index (κ1) is 9.20. The van der Waals surface area contributed by atoms with Crippen molar-refractivity contribution in [2.24, 2.45) is 5.92 Å². The van der Waals surface area contributed by atoms with Crippen molar-refractivity contribution in [3.05, 3.63) is 0 Å². The molecule has 0 spiro atoms. The van der Waals surface area contributed by atoms with Gasteiger partial charge in [-0.2, -0.15) is 0 Å². The van der Waals surface area contributed by atoms with Crippen LogP contribution >= 0.6 is 0 Å². The summed E-state index contributed by atoms with van der Waals surface area (Å²) in [4.78, 5) is 0. The lowest BCUT2D eigenvalue weighted by Crippen LogP contribution is -2.50. The molecule has 0 aromatic heterocycles. The highest BCUT2D eigenvalue weighted by molar-refractivity contribution is 7.85. The Morgan fingerprint density at radius 1 is 1.45 bits per heavy atom. The second kappa shape index (κ2) is 3.68. The molecule has 0 aliphatic carbocycles. The summed E-state index contributed by atoms with van der Waals surface area (Å²) >= 11 is 0. The van der Waals surface area contributed by atoms with Gasteiger partial charge in [-0.3, -0.25) is 4.21 Å². The van der Waals surface area contributed by atoms with Crippen LogP contribution in [0.1, 0.15) is 20.8 Å². The Labute approximate surface area is 71.2 Å². The van der Waals surface area contributed by atoms with E-state index in [-0.39, 0.29) is 0 Å². The minimum atomic E-state index is -0.583. The monoisotopic (exact) mass is 175 g/mol. The van der Waals surface area contributed by atoms with E-state index in [1.807, 2.05) is 0 Å². The minimum absolute atomic E-state index is 0.428. The summed E-state index contributed by atoms with van der Waals surface area (Å²) in [5.74, 6) is 2.26. The summed E-state index contributed by atoms with van der Waals surface area (Å²) in [6.07, 6.45) is 0. The maximum atomic E-state index is 11.3. The van der Waals surface area contributed by atoms with E-state index in [4.69, 9.17) is 0 Å². The van der Waals surface area contributed by atoms with Gasteiger partial charge in [-0.25, -0.2) is 0 Å². The van der Waals surface area contributed by atoms with E-state index in [9.17, 15) is 4.21 Å². The van der Waals surface area contributed by atoms with Gasteiger partial charge in [0.1, 0.15) is 0 Å². The van der Waals surface area contributed by atoms with E-state index in [2.05, 4.69) is 26.1 Å². The Morgan fingerprint density at radius 3 is 2.55 bits per heavy atom. The highest BCUT2D eigenvalue weighted by Gasteiger charge is 2.24. The third kappa shape index (κ3) is 2.56. The number of rotatable bonds is 1. The SMILES string of the molecule is CC1CS(=O)CC(C(C)C)N1. The lowest BCUT2D eigenvalue weighted by Gasteiger charge is -2.30. The molecule has 0 saturated carbocycles. The van der Waals surface area contributed by atoms with E-state index in [1.165, 1.54) is 0 Å². The molecule has 11 heavy (non-hydrogen) atoms. The third-order valence-corrected chi connectivity index (χ3v) is 3.71. The van der Waals surface area contributed by atoms with Crippen LogP contribution in [-0.4, -0.2) is 27.8 Å². The summed E-state index contributed by atoms with van der Waals surface area (Å²) in [5, 5.41) is 3.45. The topological polar surface area (TPSA) is 29.1 Å². The Balaban J connectivity index is 2.49. The summed E-state index contributed by atoms with van der Waals surface area (Å²) < 4.78 is 11.3. The van der Waals surface area contributed by atoms with Gasteiger partial charge < -0.3 is 5.32 Å². The van der Waals surface area contributed by atoms with Crippen molar-refractivity contribution in [3.8, 4) is 0 Å². The molecule has 3 atom stereocenters. The molecule has 1 fully saturated rings. The van der Waals surface area contributed by atoms with Gasteiger partial charge in [0.15, 0.2) is 0 Å². The fraction of sp³-hybridized carbons (Fsp3) is 1.00. The Morgan fingerprint density at radius 2 is 2.09 bits per heavy atom. The predicted octanol–water partition coefficient (Wildman–Crippen LogP) is 0.751. The molecule has 1 rings (SSSR count). The first-order chi connectivity index (χ1) is 5.09. The quantitative estimate of drug-likeness (QED) is 0.637. The standard InChI is InChI=1S/C8H17NOS/c1-6(2)8-5-11(10)4-7(3)9-8/h6-9H,4-5H2,1-3H3. The molecule has 1 aliphatic heterocycles. The maximum Gasteiger partial charge on any atom is 0.0392 e. The average molecular weight is 175 g/mol. The molecule has 0 aromatic rings. The lowest BCUT2D eigenvalue weighted by molar-refractivity contribution is 0.388. The molecule has 0 amide bonds. The zero-order valence-electron chi connectivity index (χ0n) is 7.46. The van der Waals surface area contributed by atoms with Crippen molar-refractivity contribution >= 4 is 10.8 Å². The molecule has 0 aromatic carbocycles. The molecular weight excluding hydrogens is 158 g/mol. The summed E-state index contributed by atoms with van der Waals surface area (Å²) in [6.45, 7) is 6.45. The van der Waals surface area contributed by atoms with Crippen molar-refractivity contribution in [1.29, 1.82) is 0 Å². The van der Waals surface area contributed by atoms with Crippen LogP contribution in [0.25, 0.3) is 0 Å². The Kier molecular flexibility index (Phi) is 3.07. The van der Waals surface area contributed by atoms with Gasteiger partial charge in [0.25, 0.3) is 0 Å². The first-order valence-corrected chi connectivity index (χ1v) is 5.69. The molecule has 1 saturated heterocycles. The third-order valence-electron chi connectivity index (χ3n) is 2.10.